The maximum atomic E-state index is 12.6. The standard InChI is InChI=1S/C20H15IN4OS/c1-25-11-10-22-18(25)17-16(13-6-3-2-4-7-13)23-20(27-17)24-19(26)14-8-5-9-15(21)12-14/h2-12H,1H3,(H,23,24,26). The number of hydrogen-bond donors (Lipinski definition) is 1. The Bertz CT molecular complexity index is 1100. The highest BCUT2D eigenvalue weighted by Crippen LogP contribution is 2.38. The number of rotatable bonds is 4. The van der Waals surface area contributed by atoms with Gasteiger partial charge in [0.15, 0.2) is 11.0 Å². The Morgan fingerprint density at radius 3 is 2.67 bits per heavy atom. The second-order valence-electron chi connectivity index (χ2n) is 5.89. The fraction of sp³-hybridized carbons (Fsp3) is 0.0500. The van der Waals surface area contributed by atoms with Gasteiger partial charge < -0.3 is 4.57 Å². The first-order chi connectivity index (χ1) is 13.1. The van der Waals surface area contributed by atoms with Gasteiger partial charge in [-0.1, -0.05) is 47.7 Å². The van der Waals surface area contributed by atoms with E-state index in [2.05, 4.69) is 32.9 Å². The summed E-state index contributed by atoms with van der Waals surface area (Å²) in [6.45, 7) is 0. The molecular formula is C20H15IN4OS. The second-order valence-corrected chi connectivity index (χ2v) is 8.13. The number of carbonyl (C=O) groups excluding carboxylic acids is 1. The summed E-state index contributed by atoms with van der Waals surface area (Å²) in [6.07, 6.45) is 3.65. The summed E-state index contributed by atoms with van der Waals surface area (Å²) in [7, 11) is 1.95. The fourth-order valence-electron chi connectivity index (χ4n) is 2.70. The van der Waals surface area contributed by atoms with Crippen LogP contribution in [0, 0.1) is 3.57 Å². The highest BCUT2D eigenvalue weighted by molar-refractivity contribution is 14.1. The van der Waals surface area contributed by atoms with Crippen molar-refractivity contribution in [1.82, 2.24) is 14.5 Å². The summed E-state index contributed by atoms with van der Waals surface area (Å²) in [5, 5.41) is 3.48. The third kappa shape index (κ3) is 3.79. The van der Waals surface area contributed by atoms with Crippen LogP contribution < -0.4 is 5.32 Å². The lowest BCUT2D eigenvalue weighted by Crippen LogP contribution is -2.11. The van der Waals surface area contributed by atoms with E-state index in [1.54, 1.807) is 12.3 Å². The molecule has 27 heavy (non-hydrogen) atoms. The lowest BCUT2D eigenvalue weighted by Gasteiger charge is -2.02. The van der Waals surface area contributed by atoms with Gasteiger partial charge in [0.05, 0.1) is 10.6 Å². The van der Waals surface area contributed by atoms with Gasteiger partial charge in [-0.2, -0.15) is 0 Å². The first kappa shape index (κ1) is 17.9. The highest BCUT2D eigenvalue weighted by atomic mass is 127. The van der Waals surface area contributed by atoms with Gasteiger partial charge in [-0.3, -0.25) is 10.1 Å². The minimum absolute atomic E-state index is 0.173. The molecule has 2 aromatic heterocycles. The monoisotopic (exact) mass is 486 g/mol. The van der Waals surface area contributed by atoms with Crippen LogP contribution in [0.2, 0.25) is 0 Å². The average Bonchev–Trinajstić information content (AvgIpc) is 3.28. The molecule has 134 valence electrons. The topological polar surface area (TPSA) is 59.8 Å². The normalized spacial score (nSPS) is 10.7. The number of nitrogens with zero attached hydrogens (tertiary/aromatic N) is 3. The highest BCUT2D eigenvalue weighted by Gasteiger charge is 2.19. The van der Waals surface area contributed by atoms with Crippen molar-refractivity contribution in [2.24, 2.45) is 7.05 Å². The molecule has 0 atom stereocenters. The number of aromatic nitrogens is 3. The van der Waals surface area contributed by atoms with Crippen molar-refractivity contribution < 1.29 is 4.79 Å². The molecule has 0 aliphatic heterocycles. The molecule has 4 rings (SSSR count). The van der Waals surface area contributed by atoms with Crippen LogP contribution >= 0.6 is 33.9 Å². The summed E-state index contributed by atoms with van der Waals surface area (Å²) < 4.78 is 2.96. The van der Waals surface area contributed by atoms with Crippen molar-refractivity contribution in [2.75, 3.05) is 5.32 Å². The van der Waals surface area contributed by atoms with Crippen LogP contribution in [0.25, 0.3) is 22.0 Å². The SMILES string of the molecule is Cn1ccnc1-c1sc(NC(=O)c2cccc(I)c2)nc1-c1ccccc1. The van der Waals surface area contributed by atoms with Crippen LogP contribution in [-0.4, -0.2) is 20.4 Å². The number of aryl methyl sites for hydroxylation is 1. The Morgan fingerprint density at radius 1 is 1.15 bits per heavy atom. The number of nitrogens with one attached hydrogen (secondary N) is 1. The first-order valence-electron chi connectivity index (χ1n) is 8.22. The van der Waals surface area contributed by atoms with Gasteiger partial charge in [-0.05, 0) is 40.8 Å². The lowest BCUT2D eigenvalue weighted by molar-refractivity contribution is 0.102. The van der Waals surface area contributed by atoms with Gasteiger partial charge in [0.25, 0.3) is 5.91 Å². The number of amides is 1. The molecule has 0 spiro atoms. The van der Waals surface area contributed by atoms with Gasteiger partial charge in [-0.25, -0.2) is 9.97 Å². The Kier molecular flexibility index (Phi) is 5.04. The average molecular weight is 486 g/mol. The van der Waals surface area contributed by atoms with Gasteiger partial charge in [-0.15, -0.1) is 0 Å². The second kappa shape index (κ2) is 7.61. The third-order valence-corrected chi connectivity index (χ3v) is 5.64. The third-order valence-electron chi connectivity index (χ3n) is 4.01. The van der Waals surface area contributed by atoms with Crippen LogP contribution in [-0.2, 0) is 7.05 Å². The Labute approximate surface area is 174 Å². The van der Waals surface area contributed by atoms with Gasteiger partial charge in [0.1, 0.15) is 0 Å². The zero-order valence-electron chi connectivity index (χ0n) is 14.4. The number of carbonyl (C=O) groups is 1. The Hall–Kier alpha value is -2.52. The van der Waals surface area contributed by atoms with Gasteiger partial charge >= 0.3 is 0 Å². The summed E-state index contributed by atoms with van der Waals surface area (Å²) in [5.74, 6) is 0.648. The fourth-order valence-corrected chi connectivity index (χ4v) is 4.27. The van der Waals surface area contributed by atoms with Crippen molar-refractivity contribution in [1.29, 1.82) is 0 Å². The molecule has 1 N–H and O–H groups in total. The van der Waals surface area contributed by atoms with E-state index in [1.165, 1.54) is 11.3 Å². The van der Waals surface area contributed by atoms with E-state index in [0.717, 1.165) is 25.5 Å². The smallest absolute Gasteiger partial charge is 0.257 e. The predicted molar refractivity (Wildman–Crippen MR) is 117 cm³/mol. The molecule has 7 heteroatoms. The minimum atomic E-state index is -0.173. The number of hydrogen-bond acceptors (Lipinski definition) is 4. The molecule has 0 saturated carbocycles. The molecular weight excluding hydrogens is 471 g/mol. The summed E-state index contributed by atoms with van der Waals surface area (Å²) in [5.41, 5.74) is 2.41. The lowest BCUT2D eigenvalue weighted by atomic mass is 10.1. The quantitative estimate of drug-likeness (QED) is 0.410. The molecule has 2 heterocycles. The molecule has 0 bridgehead atoms. The Morgan fingerprint density at radius 2 is 1.96 bits per heavy atom. The number of thiazole rings is 1. The molecule has 1 amide bonds. The number of halogens is 1. The van der Waals surface area contributed by atoms with Gasteiger partial charge in [0.2, 0.25) is 0 Å². The number of imidazole rings is 1. The predicted octanol–water partition coefficient (Wildman–Crippen LogP) is 5.07. The van der Waals surface area contributed by atoms with Crippen LogP contribution in [0.5, 0.6) is 0 Å². The van der Waals surface area contributed by atoms with Crippen LogP contribution in [0.1, 0.15) is 10.4 Å². The van der Waals surface area contributed by atoms with Crippen molar-refractivity contribution in [3.63, 3.8) is 0 Å². The Balaban J connectivity index is 1.73. The molecule has 5 nitrogen and oxygen atoms in total. The molecule has 0 unspecified atom stereocenters. The molecule has 0 saturated heterocycles. The maximum absolute atomic E-state index is 12.6. The van der Waals surface area contributed by atoms with Gasteiger partial charge in [0, 0.05) is 34.1 Å². The first-order valence-corrected chi connectivity index (χ1v) is 10.1. The summed E-state index contributed by atoms with van der Waals surface area (Å²) in [4.78, 5) is 22.7. The molecule has 0 radical (unpaired) electrons. The van der Waals surface area contributed by atoms with Crippen molar-refractivity contribution in [3.05, 3.63) is 76.1 Å². The largest absolute Gasteiger partial charge is 0.333 e. The van der Waals surface area contributed by atoms with E-state index in [0.29, 0.717) is 10.7 Å². The number of anilines is 1. The molecule has 0 aliphatic carbocycles. The molecule has 2 aromatic carbocycles. The summed E-state index contributed by atoms with van der Waals surface area (Å²) in [6, 6.07) is 17.4. The molecule has 0 aliphatic rings. The van der Waals surface area contributed by atoms with E-state index in [1.807, 2.05) is 66.3 Å². The van der Waals surface area contributed by atoms with Crippen molar-refractivity contribution in [3.8, 4) is 22.0 Å². The van der Waals surface area contributed by atoms with E-state index in [-0.39, 0.29) is 5.91 Å². The van der Waals surface area contributed by atoms with Crippen LogP contribution in [0.3, 0.4) is 0 Å². The minimum Gasteiger partial charge on any atom is -0.333 e. The van der Waals surface area contributed by atoms with Crippen molar-refractivity contribution >= 4 is 45.0 Å². The maximum Gasteiger partial charge on any atom is 0.257 e. The molecule has 0 fully saturated rings. The zero-order valence-corrected chi connectivity index (χ0v) is 17.4. The van der Waals surface area contributed by atoms with Crippen LogP contribution in [0.4, 0.5) is 5.13 Å². The van der Waals surface area contributed by atoms with E-state index in [4.69, 9.17) is 4.98 Å². The van der Waals surface area contributed by atoms with E-state index in [9.17, 15) is 4.79 Å². The zero-order chi connectivity index (χ0) is 18.8. The number of benzene rings is 2. The summed E-state index contributed by atoms with van der Waals surface area (Å²) >= 11 is 3.62. The van der Waals surface area contributed by atoms with Crippen LogP contribution in [0.15, 0.2) is 67.0 Å². The van der Waals surface area contributed by atoms with E-state index < -0.39 is 0 Å². The van der Waals surface area contributed by atoms with Crippen molar-refractivity contribution in [2.45, 2.75) is 0 Å². The van der Waals surface area contributed by atoms with E-state index >= 15 is 0 Å². The molecule has 4 aromatic rings.